The fraction of sp³-hybridized carbons (Fsp3) is 0.562. The highest BCUT2D eigenvalue weighted by Crippen LogP contribution is 2.26. The Morgan fingerprint density at radius 1 is 1.38 bits per heavy atom. The maximum absolute atomic E-state index is 12.7. The Balaban J connectivity index is 2.06. The Morgan fingerprint density at radius 3 is 2.57 bits per heavy atom. The van der Waals surface area contributed by atoms with Gasteiger partial charge in [-0.05, 0) is 57.5 Å². The first-order chi connectivity index (χ1) is 9.88. The summed E-state index contributed by atoms with van der Waals surface area (Å²) in [6, 6.07) is 3.72. The van der Waals surface area contributed by atoms with Crippen LogP contribution in [0, 0.1) is 12.8 Å². The molecule has 2 rings (SSSR count). The first-order valence-electron chi connectivity index (χ1n) is 7.38. The molecule has 0 aromatic heterocycles. The Bertz CT molecular complexity index is 522. The largest absolute Gasteiger partial charge is 0.398 e. The lowest BCUT2D eigenvalue weighted by atomic mass is 9.95. The molecule has 0 unspecified atom stereocenters. The maximum atomic E-state index is 12.7. The summed E-state index contributed by atoms with van der Waals surface area (Å²) in [6.45, 7) is 4.69. The lowest BCUT2D eigenvalue weighted by Gasteiger charge is -2.33. The van der Waals surface area contributed by atoms with Crippen molar-refractivity contribution in [3.63, 3.8) is 0 Å². The monoisotopic (exact) mass is 353 g/mol. The molecule has 1 aromatic carbocycles. The van der Waals surface area contributed by atoms with Gasteiger partial charge in [-0.3, -0.25) is 4.79 Å². The van der Waals surface area contributed by atoms with Gasteiger partial charge in [0.05, 0.1) is 0 Å². The number of anilines is 1. The average Bonchev–Trinajstić information content (AvgIpc) is 2.42. The fourth-order valence-corrected chi connectivity index (χ4v) is 3.40. The number of carbonyl (C=O) groups is 1. The second-order valence-corrected chi connectivity index (χ2v) is 7.08. The highest BCUT2D eigenvalue weighted by molar-refractivity contribution is 9.10. The van der Waals surface area contributed by atoms with Crippen LogP contribution in [-0.4, -0.2) is 49.4 Å². The molecule has 0 saturated carbocycles. The first kappa shape index (κ1) is 16.3. The van der Waals surface area contributed by atoms with Crippen molar-refractivity contribution in [2.45, 2.75) is 19.8 Å². The van der Waals surface area contributed by atoms with Crippen LogP contribution in [0.3, 0.4) is 0 Å². The van der Waals surface area contributed by atoms with Crippen molar-refractivity contribution in [1.82, 2.24) is 9.80 Å². The predicted octanol–water partition coefficient (Wildman–Crippen LogP) is 2.75. The lowest BCUT2D eigenvalue weighted by Crippen LogP contribution is -2.40. The van der Waals surface area contributed by atoms with E-state index in [0.29, 0.717) is 17.2 Å². The third kappa shape index (κ3) is 3.98. The molecule has 0 aliphatic carbocycles. The van der Waals surface area contributed by atoms with E-state index in [0.717, 1.165) is 42.5 Å². The third-order valence-electron chi connectivity index (χ3n) is 4.17. The van der Waals surface area contributed by atoms with E-state index in [1.165, 1.54) is 0 Å². The van der Waals surface area contributed by atoms with Crippen LogP contribution in [0.15, 0.2) is 16.6 Å². The van der Waals surface area contributed by atoms with E-state index in [9.17, 15) is 4.79 Å². The van der Waals surface area contributed by atoms with Gasteiger partial charge < -0.3 is 15.5 Å². The van der Waals surface area contributed by atoms with Crippen LogP contribution < -0.4 is 5.73 Å². The van der Waals surface area contributed by atoms with E-state index in [2.05, 4.69) is 34.9 Å². The second kappa shape index (κ2) is 6.79. The summed E-state index contributed by atoms with van der Waals surface area (Å²) in [4.78, 5) is 16.9. The molecule has 0 bridgehead atoms. The highest BCUT2D eigenvalue weighted by Gasteiger charge is 2.25. The van der Waals surface area contributed by atoms with Crippen LogP contribution >= 0.6 is 15.9 Å². The number of amides is 1. The minimum absolute atomic E-state index is 0.101. The van der Waals surface area contributed by atoms with Crippen LogP contribution in [0.2, 0.25) is 0 Å². The van der Waals surface area contributed by atoms with Crippen molar-refractivity contribution in [2.75, 3.05) is 39.5 Å². The summed E-state index contributed by atoms with van der Waals surface area (Å²) < 4.78 is 0.858. The number of nitrogens with zero attached hydrogens (tertiary/aromatic N) is 2. The van der Waals surface area contributed by atoms with Gasteiger partial charge in [-0.25, -0.2) is 0 Å². The molecule has 0 atom stereocenters. The average molecular weight is 354 g/mol. The number of benzene rings is 1. The third-order valence-corrected chi connectivity index (χ3v) is 4.63. The Morgan fingerprint density at radius 2 is 2.00 bits per heavy atom. The normalized spacial score (nSPS) is 16.5. The Kier molecular flexibility index (Phi) is 5.27. The number of hydrogen-bond donors (Lipinski definition) is 1. The van der Waals surface area contributed by atoms with Gasteiger partial charge in [0.1, 0.15) is 0 Å². The molecule has 0 radical (unpaired) electrons. The molecule has 1 aliphatic rings. The van der Waals surface area contributed by atoms with Crippen molar-refractivity contribution in [2.24, 2.45) is 5.92 Å². The number of carbonyl (C=O) groups excluding carboxylic acids is 1. The van der Waals surface area contributed by atoms with Crippen LogP contribution in [0.1, 0.15) is 28.8 Å². The van der Waals surface area contributed by atoms with Gasteiger partial charge in [0.2, 0.25) is 0 Å². The van der Waals surface area contributed by atoms with Gasteiger partial charge in [0.15, 0.2) is 0 Å². The molecule has 1 heterocycles. The van der Waals surface area contributed by atoms with Gasteiger partial charge in [-0.15, -0.1) is 0 Å². The predicted molar refractivity (Wildman–Crippen MR) is 90.5 cm³/mol. The zero-order valence-corrected chi connectivity index (χ0v) is 14.6. The molecule has 2 N–H and O–H groups in total. The lowest BCUT2D eigenvalue weighted by molar-refractivity contribution is 0.0677. The van der Waals surface area contributed by atoms with Crippen LogP contribution in [0.4, 0.5) is 5.69 Å². The van der Waals surface area contributed by atoms with Gasteiger partial charge in [0, 0.05) is 35.4 Å². The minimum atomic E-state index is 0.101. The van der Waals surface area contributed by atoms with Crippen LogP contribution in [0.25, 0.3) is 0 Å². The molecule has 21 heavy (non-hydrogen) atoms. The SMILES string of the molecule is Cc1c(N)cc(Br)cc1C(=O)N1CCC(CN(C)C)CC1. The zero-order chi connectivity index (χ0) is 15.6. The molecule has 116 valence electrons. The van der Waals surface area contributed by atoms with E-state index < -0.39 is 0 Å². The number of likely N-dealkylation sites (tertiary alicyclic amines) is 1. The smallest absolute Gasteiger partial charge is 0.254 e. The van der Waals surface area contributed by atoms with Crippen LogP contribution in [-0.2, 0) is 0 Å². The van der Waals surface area contributed by atoms with E-state index >= 15 is 0 Å². The zero-order valence-electron chi connectivity index (χ0n) is 13.0. The first-order valence-corrected chi connectivity index (χ1v) is 8.17. The fourth-order valence-electron chi connectivity index (χ4n) is 2.93. The summed E-state index contributed by atoms with van der Waals surface area (Å²) in [7, 11) is 4.20. The Labute approximate surface area is 135 Å². The number of nitrogen functional groups attached to an aromatic ring is 1. The van der Waals surface area contributed by atoms with Crippen molar-refractivity contribution in [3.05, 3.63) is 27.7 Å². The molecular formula is C16H24BrN3O. The Hall–Kier alpha value is -1.07. The van der Waals surface area contributed by atoms with Crippen molar-refractivity contribution in [1.29, 1.82) is 0 Å². The number of piperidine rings is 1. The van der Waals surface area contributed by atoms with E-state index in [1.807, 2.05) is 24.0 Å². The maximum Gasteiger partial charge on any atom is 0.254 e. The number of nitrogens with two attached hydrogens (primary N) is 1. The number of hydrogen-bond acceptors (Lipinski definition) is 3. The molecule has 0 spiro atoms. The van der Waals surface area contributed by atoms with Gasteiger partial charge in [-0.2, -0.15) is 0 Å². The van der Waals surface area contributed by atoms with Crippen molar-refractivity contribution >= 4 is 27.5 Å². The molecule has 4 nitrogen and oxygen atoms in total. The van der Waals surface area contributed by atoms with Gasteiger partial charge in [0.25, 0.3) is 5.91 Å². The molecule has 1 aliphatic heterocycles. The molecule has 1 saturated heterocycles. The van der Waals surface area contributed by atoms with Gasteiger partial charge >= 0.3 is 0 Å². The van der Waals surface area contributed by atoms with Crippen molar-refractivity contribution < 1.29 is 4.79 Å². The second-order valence-electron chi connectivity index (χ2n) is 6.17. The molecule has 1 amide bonds. The molecule has 1 aromatic rings. The van der Waals surface area contributed by atoms with E-state index in [1.54, 1.807) is 0 Å². The molecule has 5 heteroatoms. The molecule has 1 fully saturated rings. The molecular weight excluding hydrogens is 330 g/mol. The quantitative estimate of drug-likeness (QED) is 0.850. The number of rotatable bonds is 3. The standard InChI is InChI=1S/C16H24BrN3O/c1-11-14(8-13(17)9-15(11)18)16(21)20-6-4-12(5-7-20)10-19(2)3/h8-9,12H,4-7,10,18H2,1-3H3. The summed E-state index contributed by atoms with van der Waals surface area (Å²) in [5.41, 5.74) is 8.21. The number of halogens is 1. The highest BCUT2D eigenvalue weighted by atomic mass is 79.9. The van der Waals surface area contributed by atoms with Gasteiger partial charge in [-0.1, -0.05) is 15.9 Å². The summed E-state index contributed by atoms with van der Waals surface area (Å²) in [6.07, 6.45) is 2.15. The van der Waals surface area contributed by atoms with E-state index in [-0.39, 0.29) is 5.91 Å². The topological polar surface area (TPSA) is 49.6 Å². The minimum Gasteiger partial charge on any atom is -0.398 e. The summed E-state index contributed by atoms with van der Waals surface area (Å²) in [5, 5.41) is 0. The van der Waals surface area contributed by atoms with E-state index in [4.69, 9.17) is 5.73 Å². The summed E-state index contributed by atoms with van der Waals surface area (Å²) in [5.74, 6) is 0.793. The van der Waals surface area contributed by atoms with Crippen LogP contribution in [0.5, 0.6) is 0 Å². The summed E-state index contributed by atoms with van der Waals surface area (Å²) >= 11 is 3.42. The van der Waals surface area contributed by atoms with Crippen molar-refractivity contribution in [3.8, 4) is 0 Å².